The highest BCUT2D eigenvalue weighted by Gasteiger charge is 2.29. The van der Waals surface area contributed by atoms with Gasteiger partial charge in [-0.15, -0.1) is 12.4 Å². The number of amides is 1. The van der Waals surface area contributed by atoms with Crippen LogP contribution in [0.4, 0.5) is 5.69 Å². The summed E-state index contributed by atoms with van der Waals surface area (Å²) in [5, 5.41) is 6.90. The molecule has 0 unspecified atom stereocenters. The summed E-state index contributed by atoms with van der Waals surface area (Å²) in [6.07, 6.45) is 4.20. The summed E-state index contributed by atoms with van der Waals surface area (Å²) in [7, 11) is 0. The maximum atomic E-state index is 12.4. The van der Waals surface area contributed by atoms with Gasteiger partial charge < -0.3 is 15.5 Å². The van der Waals surface area contributed by atoms with E-state index < -0.39 is 0 Å². The third-order valence-corrected chi connectivity index (χ3v) is 4.55. The van der Waals surface area contributed by atoms with E-state index in [1.54, 1.807) is 0 Å². The highest BCUT2D eigenvalue weighted by Crippen LogP contribution is 2.19. The Hall–Kier alpha value is -1.26. The minimum absolute atomic E-state index is 0. The van der Waals surface area contributed by atoms with Gasteiger partial charge in [-0.1, -0.05) is 12.1 Å². The molecule has 0 saturated carbocycles. The number of hydrogen-bond acceptors (Lipinski definition) is 3. The fraction of sp³-hybridized carbons (Fsp3) is 0.588. The first-order valence-electron chi connectivity index (χ1n) is 8.08. The molecule has 1 atom stereocenters. The Bertz CT molecular complexity index is 494. The lowest BCUT2D eigenvalue weighted by Crippen LogP contribution is -2.48. The second kappa shape index (κ2) is 7.84. The number of halogens is 1. The number of rotatable bonds is 3. The average molecular weight is 324 g/mol. The summed E-state index contributed by atoms with van der Waals surface area (Å²) in [6, 6.07) is 9.05. The van der Waals surface area contributed by atoms with E-state index >= 15 is 0 Å². The summed E-state index contributed by atoms with van der Waals surface area (Å²) in [5.74, 6) is 0.307. The van der Waals surface area contributed by atoms with Crippen LogP contribution in [0.2, 0.25) is 0 Å². The van der Waals surface area contributed by atoms with Crippen LogP contribution in [0.5, 0.6) is 0 Å². The molecule has 4 nitrogen and oxygen atoms in total. The number of nitrogens with one attached hydrogen (secondary N) is 2. The van der Waals surface area contributed by atoms with Gasteiger partial charge in [0.05, 0.1) is 6.04 Å². The van der Waals surface area contributed by atoms with E-state index in [0.717, 1.165) is 45.3 Å². The number of aryl methyl sites for hydroxylation is 1. The molecule has 0 radical (unpaired) electrons. The van der Waals surface area contributed by atoms with Crippen molar-refractivity contribution in [2.45, 2.75) is 44.7 Å². The van der Waals surface area contributed by atoms with Gasteiger partial charge in [-0.3, -0.25) is 4.79 Å². The molecule has 5 heteroatoms. The molecular weight excluding hydrogens is 298 g/mol. The lowest BCUT2D eigenvalue weighted by molar-refractivity contribution is -0.134. The van der Waals surface area contributed by atoms with Crippen LogP contribution in [-0.4, -0.2) is 42.5 Å². The second-order valence-corrected chi connectivity index (χ2v) is 6.26. The van der Waals surface area contributed by atoms with E-state index in [4.69, 9.17) is 0 Å². The third kappa shape index (κ3) is 4.14. The number of hydrogen-bond donors (Lipinski definition) is 2. The molecule has 2 aliphatic rings. The first-order chi connectivity index (χ1) is 10.2. The van der Waals surface area contributed by atoms with Crippen molar-refractivity contribution in [1.82, 2.24) is 10.2 Å². The summed E-state index contributed by atoms with van der Waals surface area (Å²) in [6.45, 7) is 4.85. The van der Waals surface area contributed by atoms with E-state index in [1.165, 1.54) is 11.3 Å². The van der Waals surface area contributed by atoms with Gasteiger partial charge >= 0.3 is 0 Å². The van der Waals surface area contributed by atoms with Gasteiger partial charge in [0.15, 0.2) is 0 Å². The van der Waals surface area contributed by atoms with Crippen molar-refractivity contribution in [2.75, 3.05) is 25.0 Å². The van der Waals surface area contributed by atoms with E-state index in [9.17, 15) is 4.79 Å². The van der Waals surface area contributed by atoms with Crippen molar-refractivity contribution in [2.24, 2.45) is 0 Å². The second-order valence-electron chi connectivity index (χ2n) is 6.26. The highest BCUT2D eigenvalue weighted by atomic mass is 35.5. The predicted molar refractivity (Wildman–Crippen MR) is 92.7 cm³/mol. The Labute approximate surface area is 139 Å². The molecule has 1 aromatic carbocycles. The van der Waals surface area contributed by atoms with Crippen LogP contribution in [0, 0.1) is 6.92 Å². The zero-order valence-corrected chi connectivity index (χ0v) is 14.0. The summed E-state index contributed by atoms with van der Waals surface area (Å²) in [5.41, 5.74) is 2.47. The molecule has 0 bridgehead atoms. The first-order valence-corrected chi connectivity index (χ1v) is 8.08. The summed E-state index contributed by atoms with van der Waals surface area (Å²) < 4.78 is 0. The molecule has 1 aromatic rings. The topological polar surface area (TPSA) is 44.4 Å². The van der Waals surface area contributed by atoms with E-state index in [0.29, 0.717) is 11.9 Å². The molecule has 1 amide bonds. The molecule has 2 aliphatic heterocycles. The number of piperidine rings is 1. The zero-order chi connectivity index (χ0) is 14.7. The number of benzene rings is 1. The van der Waals surface area contributed by atoms with Gasteiger partial charge in [0.1, 0.15) is 0 Å². The fourth-order valence-electron chi connectivity index (χ4n) is 3.33. The van der Waals surface area contributed by atoms with Gasteiger partial charge in [0.25, 0.3) is 0 Å². The van der Waals surface area contributed by atoms with Gasteiger partial charge in [-0.2, -0.15) is 0 Å². The zero-order valence-electron chi connectivity index (χ0n) is 13.2. The van der Waals surface area contributed by atoms with Gasteiger partial charge in [-0.25, -0.2) is 0 Å². The van der Waals surface area contributed by atoms with Crippen LogP contribution in [-0.2, 0) is 4.79 Å². The number of likely N-dealkylation sites (tertiary alicyclic amines) is 1. The Morgan fingerprint density at radius 2 is 2.05 bits per heavy atom. The van der Waals surface area contributed by atoms with Gasteiger partial charge in [-0.05, 0) is 56.8 Å². The quantitative estimate of drug-likeness (QED) is 0.898. The monoisotopic (exact) mass is 323 g/mol. The Kier molecular flexibility index (Phi) is 6.09. The number of anilines is 1. The van der Waals surface area contributed by atoms with Crippen molar-refractivity contribution in [3.05, 3.63) is 29.8 Å². The number of carbonyl (C=O) groups excluding carboxylic acids is 1. The number of carbonyl (C=O) groups is 1. The standard InChI is InChI=1S/C17H25N3O.ClH/c1-13-4-2-5-15(12-13)19-14-7-10-20(11-8-14)17(21)16-6-3-9-18-16;/h2,4-5,12,14,16,18-19H,3,6-11H2,1H3;1H/t16-;/m0./s1. The number of nitrogens with zero attached hydrogens (tertiary/aromatic N) is 1. The summed E-state index contributed by atoms with van der Waals surface area (Å²) >= 11 is 0. The molecular formula is C17H26ClN3O. The van der Waals surface area contributed by atoms with Crippen LogP contribution >= 0.6 is 12.4 Å². The maximum absolute atomic E-state index is 12.4. The van der Waals surface area contributed by atoms with Crippen LogP contribution in [0.1, 0.15) is 31.2 Å². The normalized spacial score (nSPS) is 22.2. The van der Waals surface area contributed by atoms with E-state index in [-0.39, 0.29) is 18.4 Å². The molecule has 2 heterocycles. The highest BCUT2D eigenvalue weighted by molar-refractivity contribution is 5.85. The fourth-order valence-corrected chi connectivity index (χ4v) is 3.33. The van der Waals surface area contributed by atoms with Crippen molar-refractivity contribution in [3.63, 3.8) is 0 Å². The van der Waals surface area contributed by atoms with Crippen LogP contribution in [0.3, 0.4) is 0 Å². The molecule has 0 aliphatic carbocycles. The lowest BCUT2D eigenvalue weighted by Gasteiger charge is -2.34. The Morgan fingerprint density at radius 1 is 1.27 bits per heavy atom. The van der Waals surface area contributed by atoms with Crippen LogP contribution in [0.25, 0.3) is 0 Å². The Morgan fingerprint density at radius 3 is 2.68 bits per heavy atom. The SMILES string of the molecule is Cc1cccc(NC2CCN(C(=O)[C@@H]3CCCN3)CC2)c1.Cl. The average Bonchev–Trinajstić information content (AvgIpc) is 3.01. The minimum atomic E-state index is 0. The molecule has 22 heavy (non-hydrogen) atoms. The van der Waals surface area contributed by atoms with Crippen molar-refractivity contribution < 1.29 is 4.79 Å². The molecule has 0 spiro atoms. The lowest BCUT2D eigenvalue weighted by atomic mass is 10.0. The Balaban J connectivity index is 0.00000176. The molecule has 2 fully saturated rings. The molecule has 0 aromatic heterocycles. The van der Waals surface area contributed by atoms with Crippen molar-refractivity contribution in [1.29, 1.82) is 0 Å². The van der Waals surface area contributed by atoms with Crippen molar-refractivity contribution in [3.8, 4) is 0 Å². The molecule has 2 N–H and O–H groups in total. The van der Waals surface area contributed by atoms with Gasteiger partial charge in [0.2, 0.25) is 5.91 Å². The largest absolute Gasteiger partial charge is 0.382 e. The predicted octanol–water partition coefficient (Wildman–Crippen LogP) is 2.57. The molecule has 3 rings (SSSR count). The minimum Gasteiger partial charge on any atom is -0.382 e. The van der Waals surface area contributed by atoms with Crippen LogP contribution < -0.4 is 10.6 Å². The van der Waals surface area contributed by atoms with E-state index in [2.05, 4.69) is 41.8 Å². The summed E-state index contributed by atoms with van der Waals surface area (Å²) in [4.78, 5) is 14.4. The smallest absolute Gasteiger partial charge is 0.239 e. The maximum Gasteiger partial charge on any atom is 0.239 e. The van der Waals surface area contributed by atoms with Crippen LogP contribution in [0.15, 0.2) is 24.3 Å². The van der Waals surface area contributed by atoms with Crippen molar-refractivity contribution >= 4 is 24.0 Å². The molecule has 2 saturated heterocycles. The van der Waals surface area contributed by atoms with Gasteiger partial charge in [0, 0.05) is 24.8 Å². The third-order valence-electron chi connectivity index (χ3n) is 4.55. The molecule has 122 valence electrons. The van der Waals surface area contributed by atoms with E-state index in [1.807, 2.05) is 4.90 Å². The first kappa shape index (κ1) is 17.1.